The first-order valence-electron chi connectivity index (χ1n) is 6.25. The SMILES string of the molecule is Cc1ccc(S(=O)(=O)NCC2CCCC2)c(Br)c1. The van der Waals surface area contributed by atoms with Crippen molar-refractivity contribution in [2.24, 2.45) is 5.92 Å². The third-order valence-electron chi connectivity index (χ3n) is 3.41. The number of aryl methyl sites for hydroxylation is 1. The molecular weight excluding hydrogens is 314 g/mol. The van der Waals surface area contributed by atoms with Crippen LogP contribution >= 0.6 is 15.9 Å². The van der Waals surface area contributed by atoms with E-state index in [1.807, 2.05) is 19.1 Å². The maximum absolute atomic E-state index is 12.2. The summed E-state index contributed by atoms with van der Waals surface area (Å²) in [5.41, 5.74) is 1.04. The van der Waals surface area contributed by atoms with Crippen molar-refractivity contribution in [2.75, 3.05) is 6.54 Å². The van der Waals surface area contributed by atoms with Crippen molar-refractivity contribution in [3.05, 3.63) is 28.2 Å². The Morgan fingerprint density at radius 2 is 2.00 bits per heavy atom. The number of hydrogen-bond donors (Lipinski definition) is 1. The van der Waals surface area contributed by atoms with Gasteiger partial charge in [0.2, 0.25) is 10.0 Å². The Balaban J connectivity index is 2.09. The highest BCUT2D eigenvalue weighted by atomic mass is 79.9. The Bertz CT molecular complexity index is 522. The highest BCUT2D eigenvalue weighted by molar-refractivity contribution is 9.10. The topological polar surface area (TPSA) is 46.2 Å². The van der Waals surface area contributed by atoms with Crippen molar-refractivity contribution in [3.8, 4) is 0 Å². The van der Waals surface area contributed by atoms with Crippen LogP contribution in [0, 0.1) is 12.8 Å². The van der Waals surface area contributed by atoms with Crippen molar-refractivity contribution in [1.82, 2.24) is 4.72 Å². The third-order valence-corrected chi connectivity index (χ3v) is 5.81. The molecule has 1 saturated carbocycles. The fourth-order valence-corrected chi connectivity index (χ4v) is 4.65. The normalized spacial score (nSPS) is 17.2. The molecular formula is C13H18BrNO2S. The van der Waals surface area contributed by atoms with Gasteiger partial charge >= 0.3 is 0 Å². The van der Waals surface area contributed by atoms with Gasteiger partial charge in [-0.1, -0.05) is 18.9 Å². The van der Waals surface area contributed by atoms with E-state index in [1.165, 1.54) is 12.8 Å². The molecule has 0 amide bonds. The van der Waals surface area contributed by atoms with E-state index in [0.717, 1.165) is 18.4 Å². The largest absolute Gasteiger partial charge is 0.241 e. The summed E-state index contributed by atoms with van der Waals surface area (Å²) in [5.74, 6) is 0.504. The zero-order valence-corrected chi connectivity index (χ0v) is 12.9. The summed E-state index contributed by atoms with van der Waals surface area (Å²) < 4.78 is 27.7. The van der Waals surface area contributed by atoms with Crippen LogP contribution in [0.3, 0.4) is 0 Å². The molecule has 0 spiro atoms. The maximum Gasteiger partial charge on any atom is 0.241 e. The molecule has 5 heteroatoms. The highest BCUT2D eigenvalue weighted by Crippen LogP contribution is 2.26. The summed E-state index contributed by atoms with van der Waals surface area (Å²) in [5, 5.41) is 0. The summed E-state index contributed by atoms with van der Waals surface area (Å²) in [6.07, 6.45) is 4.72. The minimum atomic E-state index is -3.39. The Morgan fingerprint density at radius 1 is 1.33 bits per heavy atom. The van der Waals surface area contributed by atoms with Crippen LogP contribution in [0.4, 0.5) is 0 Å². The lowest BCUT2D eigenvalue weighted by atomic mass is 10.1. The average Bonchev–Trinajstić information content (AvgIpc) is 2.78. The molecule has 1 aliphatic rings. The van der Waals surface area contributed by atoms with Crippen LogP contribution in [0.25, 0.3) is 0 Å². The predicted molar refractivity (Wildman–Crippen MR) is 76.0 cm³/mol. The molecule has 1 fully saturated rings. The number of halogens is 1. The van der Waals surface area contributed by atoms with Crippen LogP contribution in [-0.2, 0) is 10.0 Å². The van der Waals surface area contributed by atoms with Gasteiger partial charge < -0.3 is 0 Å². The standard InChI is InChI=1S/C13H18BrNO2S/c1-10-6-7-13(12(14)8-10)18(16,17)15-9-11-4-2-3-5-11/h6-8,11,15H,2-5,9H2,1H3. The van der Waals surface area contributed by atoms with Gasteiger partial charge in [0.1, 0.15) is 0 Å². The maximum atomic E-state index is 12.2. The zero-order chi connectivity index (χ0) is 13.2. The summed E-state index contributed by atoms with van der Waals surface area (Å²) in [6.45, 7) is 2.50. The fraction of sp³-hybridized carbons (Fsp3) is 0.538. The average molecular weight is 332 g/mol. The number of nitrogens with one attached hydrogen (secondary N) is 1. The van der Waals surface area contributed by atoms with Gasteiger partial charge in [-0.25, -0.2) is 13.1 Å². The molecule has 0 bridgehead atoms. The van der Waals surface area contributed by atoms with Crippen molar-refractivity contribution >= 4 is 26.0 Å². The van der Waals surface area contributed by atoms with E-state index in [9.17, 15) is 8.42 Å². The smallest absolute Gasteiger partial charge is 0.211 e. The molecule has 0 aliphatic heterocycles. The van der Waals surface area contributed by atoms with E-state index < -0.39 is 10.0 Å². The van der Waals surface area contributed by atoms with Gasteiger partial charge in [0.15, 0.2) is 0 Å². The molecule has 3 nitrogen and oxygen atoms in total. The molecule has 0 unspecified atom stereocenters. The van der Waals surface area contributed by atoms with Crippen LogP contribution in [0.5, 0.6) is 0 Å². The minimum absolute atomic E-state index is 0.325. The van der Waals surface area contributed by atoms with Crippen molar-refractivity contribution in [1.29, 1.82) is 0 Å². The number of hydrogen-bond acceptors (Lipinski definition) is 2. The molecule has 1 N–H and O–H groups in total. The summed E-state index contributed by atoms with van der Waals surface area (Å²) >= 11 is 3.32. The minimum Gasteiger partial charge on any atom is -0.211 e. The molecule has 0 aromatic heterocycles. The quantitative estimate of drug-likeness (QED) is 0.920. The molecule has 1 aliphatic carbocycles. The first-order valence-corrected chi connectivity index (χ1v) is 8.52. The Hall–Kier alpha value is -0.390. The second kappa shape index (κ2) is 5.72. The molecule has 100 valence electrons. The van der Waals surface area contributed by atoms with Gasteiger partial charge in [-0.3, -0.25) is 0 Å². The van der Waals surface area contributed by atoms with E-state index in [4.69, 9.17) is 0 Å². The summed E-state index contributed by atoms with van der Waals surface area (Å²) in [4.78, 5) is 0.325. The lowest BCUT2D eigenvalue weighted by molar-refractivity contribution is 0.519. The molecule has 1 aromatic carbocycles. The van der Waals surface area contributed by atoms with Crippen molar-refractivity contribution in [3.63, 3.8) is 0 Å². The monoisotopic (exact) mass is 331 g/mol. The van der Waals surface area contributed by atoms with E-state index in [1.54, 1.807) is 6.07 Å². The van der Waals surface area contributed by atoms with E-state index >= 15 is 0 Å². The third kappa shape index (κ3) is 3.33. The van der Waals surface area contributed by atoms with Gasteiger partial charge in [-0.15, -0.1) is 0 Å². The molecule has 18 heavy (non-hydrogen) atoms. The van der Waals surface area contributed by atoms with Crippen LogP contribution in [0.2, 0.25) is 0 Å². The Kier molecular flexibility index (Phi) is 4.45. The molecule has 0 radical (unpaired) electrons. The van der Waals surface area contributed by atoms with Crippen LogP contribution in [0.1, 0.15) is 31.2 Å². The van der Waals surface area contributed by atoms with Crippen LogP contribution < -0.4 is 4.72 Å². The van der Waals surface area contributed by atoms with E-state index in [0.29, 0.717) is 21.8 Å². The summed E-state index contributed by atoms with van der Waals surface area (Å²) in [7, 11) is -3.39. The number of sulfonamides is 1. The lowest BCUT2D eigenvalue weighted by Gasteiger charge is -2.12. The van der Waals surface area contributed by atoms with Gasteiger partial charge in [-0.2, -0.15) is 0 Å². The molecule has 1 aromatic rings. The summed E-state index contributed by atoms with van der Waals surface area (Å²) in [6, 6.07) is 5.29. The number of benzene rings is 1. The Morgan fingerprint density at radius 3 is 2.61 bits per heavy atom. The van der Waals surface area contributed by atoms with Crippen LogP contribution in [-0.4, -0.2) is 15.0 Å². The fourth-order valence-electron chi connectivity index (χ4n) is 2.34. The van der Waals surface area contributed by atoms with E-state index in [-0.39, 0.29) is 0 Å². The zero-order valence-electron chi connectivity index (χ0n) is 10.4. The highest BCUT2D eigenvalue weighted by Gasteiger charge is 2.21. The molecule has 2 rings (SSSR count). The van der Waals surface area contributed by atoms with Gasteiger partial charge in [-0.05, 0) is 59.3 Å². The number of rotatable bonds is 4. The van der Waals surface area contributed by atoms with Crippen LogP contribution in [0.15, 0.2) is 27.6 Å². The van der Waals surface area contributed by atoms with Crippen molar-refractivity contribution in [2.45, 2.75) is 37.5 Å². The molecule has 0 heterocycles. The second-order valence-corrected chi connectivity index (χ2v) is 7.53. The van der Waals surface area contributed by atoms with Gasteiger partial charge in [0.25, 0.3) is 0 Å². The van der Waals surface area contributed by atoms with Gasteiger partial charge in [0, 0.05) is 11.0 Å². The first kappa shape index (κ1) is 14.0. The molecule has 0 atom stereocenters. The molecule has 0 saturated heterocycles. The van der Waals surface area contributed by atoms with Crippen molar-refractivity contribution < 1.29 is 8.42 Å². The first-order chi connectivity index (χ1) is 8.49. The predicted octanol–water partition coefficient (Wildman–Crippen LogP) is 3.23. The lowest BCUT2D eigenvalue weighted by Crippen LogP contribution is -2.28. The van der Waals surface area contributed by atoms with Gasteiger partial charge in [0.05, 0.1) is 4.90 Å². The Labute approximate surface area is 117 Å². The van der Waals surface area contributed by atoms with E-state index in [2.05, 4.69) is 20.7 Å². The second-order valence-electron chi connectivity index (χ2n) is 4.94.